The van der Waals surface area contributed by atoms with E-state index in [1.165, 1.54) is 38.5 Å². The number of hydrogen-bond donors (Lipinski definition) is 1. The molecule has 1 aliphatic rings. The van der Waals surface area contributed by atoms with E-state index in [1.807, 2.05) is 0 Å². The molecule has 0 aromatic carbocycles. The van der Waals surface area contributed by atoms with Crippen molar-refractivity contribution < 1.29 is 0 Å². The van der Waals surface area contributed by atoms with Crippen molar-refractivity contribution in [3.05, 3.63) is 16.4 Å². The number of aromatic nitrogens is 2. The average molecular weight is 260 g/mol. The number of anilines is 1. The number of nitrogens with one attached hydrogen (secondary N) is 1. The largest absolute Gasteiger partial charge is 0.351 e. The van der Waals surface area contributed by atoms with Crippen LogP contribution in [0.4, 0.5) is 5.95 Å². The molecule has 1 aromatic rings. The van der Waals surface area contributed by atoms with Crippen molar-refractivity contribution in [2.75, 3.05) is 5.32 Å². The summed E-state index contributed by atoms with van der Waals surface area (Å²) in [6.07, 6.45) is 7.55. The molecule has 1 saturated carbocycles. The minimum atomic E-state index is 0.385. The molecule has 1 heterocycles. The third kappa shape index (κ3) is 3.49. The maximum Gasteiger partial charge on any atom is 0.225 e. The Morgan fingerprint density at radius 2 is 1.56 bits per heavy atom. The van der Waals surface area contributed by atoms with Gasteiger partial charge in [-0.1, -0.05) is 48.9 Å². The van der Waals surface area contributed by atoms with Gasteiger partial charge >= 0.3 is 0 Å². The fourth-order valence-electron chi connectivity index (χ4n) is 2.06. The van der Waals surface area contributed by atoms with E-state index >= 15 is 0 Å². The molecule has 1 aromatic heterocycles. The van der Waals surface area contributed by atoms with Gasteiger partial charge in [0.2, 0.25) is 5.95 Å². The predicted octanol–water partition coefficient (Wildman–Crippen LogP) is 3.92. The van der Waals surface area contributed by atoms with Crippen molar-refractivity contribution in [1.82, 2.24) is 9.97 Å². The Bertz CT molecular complexity index is 329. The highest BCUT2D eigenvalue weighted by molar-refractivity contribution is 6.33. The highest BCUT2D eigenvalue weighted by Gasteiger charge is 2.13. The van der Waals surface area contributed by atoms with Crippen LogP contribution in [0.2, 0.25) is 10.3 Å². The molecule has 0 spiro atoms. The number of halogens is 2. The van der Waals surface area contributed by atoms with Crippen molar-refractivity contribution >= 4 is 29.2 Å². The summed E-state index contributed by atoms with van der Waals surface area (Å²) in [6, 6.07) is 2.00. The van der Waals surface area contributed by atoms with E-state index in [0.717, 1.165) is 0 Å². The standard InChI is InChI=1S/C11H15Cl2N3/c12-9-7-10(13)16-11(15-9)14-8-5-3-1-2-4-6-8/h7-8H,1-6H2,(H,14,15,16). The minimum Gasteiger partial charge on any atom is -0.351 e. The van der Waals surface area contributed by atoms with Crippen LogP contribution in [0.5, 0.6) is 0 Å². The van der Waals surface area contributed by atoms with Gasteiger partial charge in [0.1, 0.15) is 10.3 Å². The molecule has 0 atom stereocenters. The molecule has 3 nitrogen and oxygen atoms in total. The fourth-order valence-corrected chi connectivity index (χ4v) is 2.48. The van der Waals surface area contributed by atoms with E-state index in [9.17, 15) is 0 Å². The molecule has 0 radical (unpaired) electrons. The molecule has 0 bridgehead atoms. The Hall–Kier alpha value is -0.540. The topological polar surface area (TPSA) is 37.8 Å². The first-order valence-electron chi connectivity index (χ1n) is 5.70. The number of rotatable bonds is 2. The highest BCUT2D eigenvalue weighted by atomic mass is 35.5. The van der Waals surface area contributed by atoms with E-state index < -0.39 is 0 Å². The summed E-state index contributed by atoms with van der Waals surface area (Å²) >= 11 is 11.6. The van der Waals surface area contributed by atoms with Gasteiger partial charge in [-0.3, -0.25) is 0 Å². The Labute approximate surface area is 106 Å². The lowest BCUT2D eigenvalue weighted by Gasteiger charge is -2.15. The summed E-state index contributed by atoms with van der Waals surface area (Å²) in [6.45, 7) is 0. The van der Waals surface area contributed by atoms with Crippen LogP contribution < -0.4 is 5.32 Å². The van der Waals surface area contributed by atoms with Crippen LogP contribution in [0, 0.1) is 0 Å². The quantitative estimate of drug-likeness (QED) is 0.647. The van der Waals surface area contributed by atoms with E-state index in [2.05, 4.69) is 15.3 Å². The van der Waals surface area contributed by atoms with Crippen molar-refractivity contribution in [1.29, 1.82) is 0 Å². The van der Waals surface area contributed by atoms with Gasteiger partial charge in [-0.05, 0) is 12.8 Å². The molecule has 1 aliphatic carbocycles. The van der Waals surface area contributed by atoms with Crippen LogP contribution in [0.25, 0.3) is 0 Å². The third-order valence-electron chi connectivity index (χ3n) is 2.85. The van der Waals surface area contributed by atoms with Crippen LogP contribution in [-0.2, 0) is 0 Å². The summed E-state index contributed by atoms with van der Waals surface area (Å²) in [5.74, 6) is 0.546. The van der Waals surface area contributed by atoms with Crippen molar-refractivity contribution in [2.24, 2.45) is 0 Å². The molecule has 1 N–H and O–H groups in total. The van der Waals surface area contributed by atoms with Crippen molar-refractivity contribution in [3.63, 3.8) is 0 Å². The van der Waals surface area contributed by atoms with E-state index in [-0.39, 0.29) is 0 Å². The van der Waals surface area contributed by atoms with Gasteiger partial charge in [0.25, 0.3) is 0 Å². The Morgan fingerprint density at radius 1 is 1.00 bits per heavy atom. The Morgan fingerprint density at radius 3 is 2.12 bits per heavy atom. The zero-order valence-corrected chi connectivity index (χ0v) is 10.6. The molecule has 88 valence electrons. The Kier molecular flexibility index (Phi) is 4.24. The lowest BCUT2D eigenvalue weighted by Crippen LogP contribution is -2.19. The molecule has 0 amide bonds. The molecule has 2 rings (SSSR count). The van der Waals surface area contributed by atoms with E-state index in [4.69, 9.17) is 23.2 Å². The van der Waals surface area contributed by atoms with Gasteiger partial charge in [0, 0.05) is 12.1 Å². The van der Waals surface area contributed by atoms with E-state index in [1.54, 1.807) is 6.07 Å². The van der Waals surface area contributed by atoms with Crippen LogP contribution in [0.3, 0.4) is 0 Å². The lowest BCUT2D eigenvalue weighted by molar-refractivity contribution is 0.615. The second kappa shape index (κ2) is 5.69. The molecule has 16 heavy (non-hydrogen) atoms. The molecular formula is C11H15Cl2N3. The summed E-state index contributed by atoms with van der Waals surface area (Å²) in [7, 11) is 0. The van der Waals surface area contributed by atoms with E-state index in [0.29, 0.717) is 22.3 Å². The zero-order valence-electron chi connectivity index (χ0n) is 9.05. The fraction of sp³-hybridized carbons (Fsp3) is 0.636. The first-order valence-corrected chi connectivity index (χ1v) is 6.46. The number of hydrogen-bond acceptors (Lipinski definition) is 3. The van der Waals surface area contributed by atoms with Crippen LogP contribution in [0.1, 0.15) is 38.5 Å². The average Bonchev–Trinajstić information content (AvgIpc) is 2.44. The minimum absolute atomic E-state index is 0.385. The molecule has 0 aliphatic heterocycles. The zero-order chi connectivity index (χ0) is 11.4. The number of nitrogens with zero attached hydrogens (tertiary/aromatic N) is 2. The van der Waals surface area contributed by atoms with Gasteiger partial charge in [0.05, 0.1) is 0 Å². The van der Waals surface area contributed by atoms with Crippen LogP contribution in [-0.4, -0.2) is 16.0 Å². The smallest absolute Gasteiger partial charge is 0.225 e. The third-order valence-corrected chi connectivity index (χ3v) is 3.24. The van der Waals surface area contributed by atoms with Crippen molar-refractivity contribution in [3.8, 4) is 0 Å². The predicted molar refractivity (Wildman–Crippen MR) is 67.2 cm³/mol. The highest BCUT2D eigenvalue weighted by Crippen LogP contribution is 2.21. The van der Waals surface area contributed by atoms with Gasteiger partial charge in [-0.2, -0.15) is 0 Å². The SMILES string of the molecule is Clc1cc(Cl)nc(NC2CCCCCC2)n1. The summed E-state index contributed by atoms with van der Waals surface area (Å²) in [4.78, 5) is 8.23. The van der Waals surface area contributed by atoms with Gasteiger partial charge in [0.15, 0.2) is 0 Å². The van der Waals surface area contributed by atoms with Gasteiger partial charge in [-0.25, -0.2) is 9.97 Å². The van der Waals surface area contributed by atoms with Gasteiger partial charge < -0.3 is 5.32 Å². The maximum atomic E-state index is 5.82. The monoisotopic (exact) mass is 259 g/mol. The summed E-state index contributed by atoms with van der Waals surface area (Å²) in [5, 5.41) is 4.08. The normalized spacial score (nSPS) is 18.1. The van der Waals surface area contributed by atoms with Crippen molar-refractivity contribution in [2.45, 2.75) is 44.6 Å². The second-order valence-electron chi connectivity index (χ2n) is 4.17. The lowest BCUT2D eigenvalue weighted by atomic mass is 10.1. The second-order valence-corrected chi connectivity index (χ2v) is 4.94. The molecule has 1 fully saturated rings. The molecule has 5 heteroatoms. The van der Waals surface area contributed by atoms with Crippen LogP contribution in [0.15, 0.2) is 6.07 Å². The summed E-state index contributed by atoms with van der Waals surface area (Å²) in [5.41, 5.74) is 0. The summed E-state index contributed by atoms with van der Waals surface area (Å²) < 4.78 is 0. The van der Waals surface area contributed by atoms with Crippen LogP contribution >= 0.6 is 23.2 Å². The molecular weight excluding hydrogens is 245 g/mol. The first kappa shape index (κ1) is 11.9. The Balaban J connectivity index is 2.01. The van der Waals surface area contributed by atoms with Gasteiger partial charge in [-0.15, -0.1) is 0 Å². The molecule has 0 saturated heterocycles. The molecule has 0 unspecified atom stereocenters. The first-order chi connectivity index (χ1) is 7.74. The maximum absolute atomic E-state index is 5.82.